The molecule has 0 spiro atoms. The minimum absolute atomic E-state index is 0.571. The standard InChI is InChI=1S/C36H30O5Si2/c1-7-19-31(20-8-1)37-42(36-29-17-6-18-30-36,38-32-21-9-2-10-22-32)43(39-33-23-11-3-12-24-33,40-34-25-13-4-14-26-34)41-35-27-15-5-16-28-35/h1-30H. The van der Waals surface area contributed by atoms with Crippen LogP contribution in [0.1, 0.15) is 0 Å². The van der Waals surface area contributed by atoms with Crippen molar-refractivity contribution in [3.05, 3.63) is 182 Å². The normalized spacial score (nSPS) is 11.3. The smallest absolute Gasteiger partial charge is 0.504 e. The van der Waals surface area contributed by atoms with Crippen molar-refractivity contribution in [2.45, 2.75) is 0 Å². The summed E-state index contributed by atoms with van der Waals surface area (Å²) >= 11 is 0. The van der Waals surface area contributed by atoms with Gasteiger partial charge >= 0.3 is 16.4 Å². The fourth-order valence-electron chi connectivity index (χ4n) is 4.60. The van der Waals surface area contributed by atoms with Crippen LogP contribution >= 0.6 is 0 Å². The van der Waals surface area contributed by atoms with Crippen LogP contribution in [0, 0.1) is 0 Å². The number of benzene rings is 6. The van der Waals surface area contributed by atoms with Gasteiger partial charge in [-0.05, 0) is 60.7 Å². The summed E-state index contributed by atoms with van der Waals surface area (Å²) in [5.41, 5.74) is 0. The largest absolute Gasteiger partial charge is 0.765 e. The highest BCUT2D eigenvalue weighted by Gasteiger charge is 2.81. The third-order valence-corrected chi connectivity index (χ3v) is 15.8. The second-order valence-electron chi connectivity index (χ2n) is 9.61. The van der Waals surface area contributed by atoms with E-state index in [0.717, 1.165) is 5.19 Å². The lowest BCUT2D eigenvalue weighted by Gasteiger charge is -2.41. The van der Waals surface area contributed by atoms with Crippen molar-refractivity contribution in [2.75, 3.05) is 0 Å². The third-order valence-electron chi connectivity index (χ3n) is 6.55. The summed E-state index contributed by atoms with van der Waals surface area (Å²) in [6.07, 6.45) is 0. The number of rotatable bonds is 12. The van der Waals surface area contributed by atoms with Crippen LogP contribution < -0.4 is 27.3 Å². The van der Waals surface area contributed by atoms with E-state index < -0.39 is 16.4 Å². The van der Waals surface area contributed by atoms with Crippen molar-refractivity contribution in [3.63, 3.8) is 0 Å². The molecule has 0 heterocycles. The molecule has 0 unspecified atom stereocenters. The summed E-state index contributed by atoms with van der Waals surface area (Å²) in [7, 11) is -8.22. The summed E-state index contributed by atoms with van der Waals surface area (Å²) in [6.45, 7) is 0. The van der Waals surface area contributed by atoms with Gasteiger partial charge in [-0.3, -0.25) is 0 Å². The van der Waals surface area contributed by atoms with Crippen molar-refractivity contribution >= 4 is 21.6 Å². The highest BCUT2D eigenvalue weighted by molar-refractivity contribution is 7.36. The van der Waals surface area contributed by atoms with E-state index in [0.29, 0.717) is 28.7 Å². The molecule has 0 fully saturated rings. The zero-order chi connectivity index (χ0) is 29.2. The zero-order valence-corrected chi connectivity index (χ0v) is 25.4. The summed E-state index contributed by atoms with van der Waals surface area (Å²) in [5.74, 6) is 2.93. The maximum Gasteiger partial charge on any atom is 0.765 e. The molecule has 0 bridgehead atoms. The van der Waals surface area contributed by atoms with Gasteiger partial charge in [0.2, 0.25) is 0 Å². The maximum atomic E-state index is 7.18. The fourth-order valence-corrected chi connectivity index (χ4v) is 14.2. The molecule has 5 nitrogen and oxygen atoms in total. The summed E-state index contributed by atoms with van der Waals surface area (Å²) < 4.78 is 35.6. The highest BCUT2D eigenvalue weighted by atomic mass is 29.3. The topological polar surface area (TPSA) is 46.2 Å². The van der Waals surface area contributed by atoms with E-state index in [2.05, 4.69) is 0 Å². The van der Waals surface area contributed by atoms with Crippen LogP contribution in [0.3, 0.4) is 0 Å². The summed E-state index contributed by atoms with van der Waals surface area (Å²) in [6, 6.07) is 57.8. The van der Waals surface area contributed by atoms with Gasteiger partial charge in [-0.25, -0.2) is 0 Å². The van der Waals surface area contributed by atoms with Crippen molar-refractivity contribution in [3.8, 4) is 28.7 Å². The maximum absolute atomic E-state index is 7.18. The molecule has 0 saturated carbocycles. The van der Waals surface area contributed by atoms with E-state index >= 15 is 0 Å². The van der Waals surface area contributed by atoms with Crippen molar-refractivity contribution < 1.29 is 22.1 Å². The van der Waals surface area contributed by atoms with E-state index in [1.54, 1.807) is 0 Å². The second-order valence-corrected chi connectivity index (χ2v) is 17.4. The van der Waals surface area contributed by atoms with Crippen molar-refractivity contribution in [1.82, 2.24) is 0 Å². The molecule has 0 aliphatic heterocycles. The SMILES string of the molecule is c1ccc(O[Si](Oc2ccccc2)(Oc2ccccc2)[Si](Oc2ccccc2)(Oc2ccccc2)c2ccccc2)cc1. The lowest BCUT2D eigenvalue weighted by molar-refractivity contribution is 0.259. The average Bonchev–Trinajstić information content (AvgIpc) is 3.07. The monoisotopic (exact) mass is 598 g/mol. The Bertz CT molecular complexity index is 1530. The molecular formula is C36H30O5Si2. The third kappa shape index (κ3) is 6.48. The van der Waals surface area contributed by atoms with E-state index in [-0.39, 0.29) is 0 Å². The van der Waals surface area contributed by atoms with Gasteiger partial charge in [0, 0.05) is 5.19 Å². The number of para-hydroxylation sites is 5. The first-order valence-corrected chi connectivity index (χ1v) is 18.5. The number of hydrogen-bond acceptors (Lipinski definition) is 5. The van der Waals surface area contributed by atoms with Crippen molar-refractivity contribution in [2.24, 2.45) is 0 Å². The molecule has 6 aromatic rings. The Morgan fingerprint density at radius 1 is 0.256 bits per heavy atom. The van der Waals surface area contributed by atoms with Gasteiger partial charge < -0.3 is 22.1 Å². The minimum Gasteiger partial charge on any atom is -0.504 e. The quantitative estimate of drug-likeness (QED) is 0.135. The first-order chi connectivity index (χ1) is 21.2. The van der Waals surface area contributed by atoms with Gasteiger partial charge in [0.1, 0.15) is 28.7 Å². The van der Waals surface area contributed by atoms with Gasteiger partial charge in [0.25, 0.3) is 0 Å². The van der Waals surface area contributed by atoms with Gasteiger partial charge in [-0.15, -0.1) is 0 Å². The van der Waals surface area contributed by atoms with Crippen LogP contribution in [0.15, 0.2) is 182 Å². The molecule has 0 atom stereocenters. The first kappa shape index (κ1) is 27.9. The Labute approximate surface area is 253 Å². The molecule has 7 heteroatoms. The molecule has 0 saturated heterocycles. The lowest BCUT2D eigenvalue weighted by atomic mass is 10.3. The average molecular weight is 599 g/mol. The predicted octanol–water partition coefficient (Wildman–Crippen LogP) is 7.75. The lowest BCUT2D eigenvalue weighted by Crippen LogP contribution is -2.85. The van der Waals surface area contributed by atoms with Crippen LogP contribution in [0.4, 0.5) is 0 Å². The zero-order valence-electron chi connectivity index (χ0n) is 23.4. The highest BCUT2D eigenvalue weighted by Crippen LogP contribution is 2.34. The van der Waals surface area contributed by atoms with E-state index in [4.69, 9.17) is 22.1 Å². The Morgan fingerprint density at radius 2 is 0.488 bits per heavy atom. The van der Waals surface area contributed by atoms with Crippen LogP contribution in [0.25, 0.3) is 0 Å². The molecule has 0 radical (unpaired) electrons. The van der Waals surface area contributed by atoms with Crippen LogP contribution in [0.2, 0.25) is 0 Å². The molecule has 6 rings (SSSR count). The molecule has 0 amide bonds. The van der Waals surface area contributed by atoms with Crippen LogP contribution in [0.5, 0.6) is 28.7 Å². The Balaban J connectivity index is 1.67. The minimum atomic E-state index is -4.21. The first-order valence-electron chi connectivity index (χ1n) is 14.0. The fraction of sp³-hybridized carbons (Fsp3) is 0. The van der Waals surface area contributed by atoms with E-state index in [1.165, 1.54) is 0 Å². The van der Waals surface area contributed by atoms with E-state index in [9.17, 15) is 0 Å². The van der Waals surface area contributed by atoms with Gasteiger partial charge in [-0.2, -0.15) is 0 Å². The molecule has 43 heavy (non-hydrogen) atoms. The predicted molar refractivity (Wildman–Crippen MR) is 173 cm³/mol. The summed E-state index contributed by atoms with van der Waals surface area (Å²) in [4.78, 5) is 0. The molecule has 0 aliphatic rings. The molecule has 0 aromatic heterocycles. The Kier molecular flexibility index (Phi) is 8.54. The molecular weight excluding hydrogens is 569 g/mol. The Morgan fingerprint density at radius 3 is 0.767 bits per heavy atom. The molecule has 212 valence electrons. The molecule has 6 aromatic carbocycles. The molecule has 0 N–H and O–H groups in total. The summed E-state index contributed by atoms with van der Waals surface area (Å²) in [5, 5.41) is 0.789. The van der Waals surface area contributed by atoms with Crippen LogP contribution in [-0.4, -0.2) is 16.4 Å². The number of hydrogen-bond donors (Lipinski definition) is 0. The van der Waals surface area contributed by atoms with Crippen LogP contribution in [-0.2, 0) is 0 Å². The van der Waals surface area contributed by atoms with E-state index in [1.807, 2.05) is 182 Å². The van der Waals surface area contributed by atoms with Gasteiger partial charge in [-0.1, -0.05) is 121 Å². The van der Waals surface area contributed by atoms with Crippen molar-refractivity contribution in [1.29, 1.82) is 0 Å². The van der Waals surface area contributed by atoms with Gasteiger partial charge in [0.05, 0.1) is 0 Å². The Hall–Kier alpha value is -5.25. The molecule has 0 aliphatic carbocycles. The van der Waals surface area contributed by atoms with Gasteiger partial charge in [0.15, 0.2) is 0 Å². The second kappa shape index (κ2) is 13.2.